The Morgan fingerprint density at radius 1 is 1.00 bits per heavy atom. The summed E-state index contributed by atoms with van der Waals surface area (Å²) in [5.41, 5.74) is 2.26. The number of methoxy groups -OCH3 is 1. The summed E-state index contributed by atoms with van der Waals surface area (Å²) < 4.78 is 4.87. The molecule has 3 heteroatoms. The van der Waals surface area contributed by atoms with Crippen molar-refractivity contribution in [3.63, 3.8) is 0 Å². The number of hydrogen-bond donors (Lipinski definition) is 1. The van der Waals surface area contributed by atoms with Crippen LogP contribution in [0, 0.1) is 0 Å². The normalized spacial score (nSPS) is 12.1. The van der Waals surface area contributed by atoms with Crippen LogP contribution in [0.1, 0.15) is 30.5 Å². The minimum atomic E-state index is -0.319. The highest BCUT2D eigenvalue weighted by Crippen LogP contribution is 2.22. The van der Waals surface area contributed by atoms with Crippen LogP contribution in [0.3, 0.4) is 0 Å². The third-order valence-corrected chi connectivity index (χ3v) is 3.53. The molecule has 1 unspecified atom stereocenters. The zero-order valence-electron chi connectivity index (χ0n) is 12.5. The van der Waals surface area contributed by atoms with Crippen molar-refractivity contribution >= 4 is 5.97 Å². The van der Waals surface area contributed by atoms with Crippen LogP contribution in [0.4, 0.5) is 0 Å². The lowest BCUT2D eigenvalue weighted by Gasteiger charge is -2.24. The maximum absolute atomic E-state index is 11.9. The molecule has 0 radical (unpaired) electrons. The van der Waals surface area contributed by atoms with Crippen molar-refractivity contribution in [3.05, 3.63) is 71.8 Å². The van der Waals surface area contributed by atoms with Crippen LogP contribution in [0.25, 0.3) is 0 Å². The second-order valence-corrected chi connectivity index (χ2v) is 4.91. The standard InChI is InChI=1S/C18H21NO2/c1-3-16(18(20)21-2)19-17(14-10-6-4-7-11-14)15-12-8-5-9-13-15/h4-13,16-17,19H,3H2,1-2H3. The van der Waals surface area contributed by atoms with Crippen molar-refractivity contribution in [1.29, 1.82) is 0 Å². The third-order valence-electron chi connectivity index (χ3n) is 3.53. The van der Waals surface area contributed by atoms with Gasteiger partial charge in [-0.2, -0.15) is 0 Å². The van der Waals surface area contributed by atoms with E-state index in [4.69, 9.17) is 4.74 Å². The molecular formula is C18H21NO2. The number of carbonyl (C=O) groups excluding carboxylic acids is 1. The Kier molecular flexibility index (Phi) is 5.52. The molecule has 0 saturated heterocycles. The van der Waals surface area contributed by atoms with E-state index >= 15 is 0 Å². The molecule has 110 valence electrons. The van der Waals surface area contributed by atoms with Gasteiger partial charge in [-0.25, -0.2) is 0 Å². The molecule has 2 rings (SSSR count). The summed E-state index contributed by atoms with van der Waals surface area (Å²) in [5.74, 6) is -0.227. The summed E-state index contributed by atoms with van der Waals surface area (Å²) in [7, 11) is 1.42. The van der Waals surface area contributed by atoms with Crippen LogP contribution in [0.5, 0.6) is 0 Å². The highest BCUT2D eigenvalue weighted by molar-refractivity contribution is 5.75. The van der Waals surface area contributed by atoms with Gasteiger partial charge in [0.25, 0.3) is 0 Å². The number of carbonyl (C=O) groups is 1. The fourth-order valence-electron chi connectivity index (χ4n) is 2.37. The quantitative estimate of drug-likeness (QED) is 0.827. The zero-order chi connectivity index (χ0) is 15.1. The van der Waals surface area contributed by atoms with Crippen LogP contribution >= 0.6 is 0 Å². The Morgan fingerprint density at radius 3 is 1.86 bits per heavy atom. The number of benzene rings is 2. The summed E-state index contributed by atoms with van der Waals surface area (Å²) >= 11 is 0. The summed E-state index contributed by atoms with van der Waals surface area (Å²) in [5, 5.41) is 3.41. The van der Waals surface area contributed by atoms with Gasteiger partial charge in [-0.3, -0.25) is 10.1 Å². The fourth-order valence-corrected chi connectivity index (χ4v) is 2.37. The summed E-state index contributed by atoms with van der Waals surface area (Å²) in [6.07, 6.45) is 0.683. The number of nitrogens with one attached hydrogen (secondary N) is 1. The average molecular weight is 283 g/mol. The van der Waals surface area contributed by atoms with Crippen LogP contribution in [0.15, 0.2) is 60.7 Å². The molecule has 21 heavy (non-hydrogen) atoms. The molecule has 0 aliphatic carbocycles. The fraction of sp³-hybridized carbons (Fsp3) is 0.278. The van der Waals surface area contributed by atoms with Crippen molar-refractivity contribution in [1.82, 2.24) is 5.32 Å². The molecule has 0 saturated carbocycles. The van der Waals surface area contributed by atoms with Gasteiger partial charge in [0, 0.05) is 0 Å². The lowest BCUT2D eigenvalue weighted by molar-refractivity contribution is -0.143. The predicted octanol–water partition coefficient (Wildman–Crippen LogP) is 3.32. The summed E-state index contributed by atoms with van der Waals surface area (Å²) in [6.45, 7) is 1.97. The van der Waals surface area contributed by atoms with Gasteiger partial charge in [0.15, 0.2) is 0 Å². The Bertz CT molecular complexity index is 514. The second-order valence-electron chi connectivity index (χ2n) is 4.91. The molecule has 0 bridgehead atoms. The van der Waals surface area contributed by atoms with Crippen molar-refractivity contribution in [2.45, 2.75) is 25.4 Å². The van der Waals surface area contributed by atoms with Gasteiger partial charge < -0.3 is 4.74 Å². The minimum absolute atomic E-state index is 0.0311. The smallest absolute Gasteiger partial charge is 0.322 e. The minimum Gasteiger partial charge on any atom is -0.468 e. The molecule has 0 aliphatic heterocycles. The first-order valence-corrected chi connectivity index (χ1v) is 7.20. The van der Waals surface area contributed by atoms with E-state index in [1.807, 2.05) is 43.3 Å². The van der Waals surface area contributed by atoms with Crippen LogP contribution in [-0.4, -0.2) is 19.1 Å². The van der Waals surface area contributed by atoms with Crippen LogP contribution in [0.2, 0.25) is 0 Å². The van der Waals surface area contributed by atoms with Crippen molar-refractivity contribution in [2.24, 2.45) is 0 Å². The van der Waals surface area contributed by atoms with Crippen molar-refractivity contribution in [2.75, 3.05) is 7.11 Å². The topological polar surface area (TPSA) is 38.3 Å². The highest BCUT2D eigenvalue weighted by atomic mass is 16.5. The van der Waals surface area contributed by atoms with E-state index < -0.39 is 0 Å². The molecule has 0 aromatic heterocycles. The molecule has 0 amide bonds. The number of esters is 1. The molecule has 0 spiro atoms. The Balaban J connectivity index is 2.31. The molecule has 2 aromatic rings. The molecule has 1 N–H and O–H groups in total. The second kappa shape index (κ2) is 7.60. The molecule has 1 atom stereocenters. The van der Waals surface area contributed by atoms with Gasteiger partial charge in [0.2, 0.25) is 0 Å². The summed E-state index contributed by atoms with van der Waals surface area (Å²) in [4.78, 5) is 11.9. The zero-order valence-corrected chi connectivity index (χ0v) is 12.5. The maximum atomic E-state index is 11.9. The molecule has 0 fully saturated rings. The highest BCUT2D eigenvalue weighted by Gasteiger charge is 2.23. The molecule has 0 heterocycles. The van der Waals surface area contributed by atoms with Gasteiger partial charge in [-0.15, -0.1) is 0 Å². The Labute approximate surface area is 126 Å². The van der Waals surface area contributed by atoms with Crippen LogP contribution in [-0.2, 0) is 9.53 Å². The Hall–Kier alpha value is -2.13. The van der Waals surface area contributed by atoms with E-state index in [1.165, 1.54) is 7.11 Å². The largest absolute Gasteiger partial charge is 0.468 e. The van der Waals surface area contributed by atoms with Gasteiger partial charge in [0.05, 0.1) is 13.2 Å². The Morgan fingerprint density at radius 2 is 1.48 bits per heavy atom. The average Bonchev–Trinajstić information content (AvgIpc) is 2.57. The van der Waals surface area contributed by atoms with Crippen molar-refractivity contribution in [3.8, 4) is 0 Å². The molecule has 2 aromatic carbocycles. The van der Waals surface area contributed by atoms with Crippen LogP contribution < -0.4 is 5.32 Å². The lowest BCUT2D eigenvalue weighted by Crippen LogP contribution is -2.39. The SMILES string of the molecule is CCC(NC(c1ccccc1)c1ccccc1)C(=O)OC. The molecule has 3 nitrogen and oxygen atoms in total. The number of ether oxygens (including phenoxy) is 1. The number of hydrogen-bond acceptors (Lipinski definition) is 3. The van der Waals surface area contributed by atoms with Gasteiger partial charge in [0.1, 0.15) is 6.04 Å². The maximum Gasteiger partial charge on any atom is 0.322 e. The van der Waals surface area contributed by atoms with Gasteiger partial charge in [-0.05, 0) is 17.5 Å². The lowest BCUT2D eigenvalue weighted by atomic mass is 9.97. The van der Waals surface area contributed by atoms with E-state index in [0.717, 1.165) is 11.1 Å². The monoisotopic (exact) mass is 283 g/mol. The number of rotatable bonds is 6. The van der Waals surface area contributed by atoms with E-state index in [2.05, 4.69) is 29.6 Å². The first kappa shape index (κ1) is 15.3. The van der Waals surface area contributed by atoms with E-state index in [-0.39, 0.29) is 18.1 Å². The predicted molar refractivity (Wildman–Crippen MR) is 84.0 cm³/mol. The van der Waals surface area contributed by atoms with Gasteiger partial charge >= 0.3 is 5.97 Å². The van der Waals surface area contributed by atoms with Gasteiger partial charge in [-0.1, -0.05) is 67.6 Å². The molecular weight excluding hydrogens is 262 g/mol. The first-order valence-electron chi connectivity index (χ1n) is 7.20. The van der Waals surface area contributed by atoms with E-state index in [9.17, 15) is 4.79 Å². The van der Waals surface area contributed by atoms with E-state index in [1.54, 1.807) is 0 Å². The third kappa shape index (κ3) is 3.92. The first-order chi connectivity index (χ1) is 10.3. The summed E-state index contributed by atoms with van der Waals surface area (Å²) in [6, 6.07) is 19.9. The van der Waals surface area contributed by atoms with E-state index in [0.29, 0.717) is 6.42 Å². The molecule has 0 aliphatic rings. The van der Waals surface area contributed by atoms with Crippen molar-refractivity contribution < 1.29 is 9.53 Å².